The first-order valence-electron chi connectivity index (χ1n) is 8.09. The number of nitrogens with one attached hydrogen (secondary N) is 1. The van der Waals surface area contributed by atoms with Gasteiger partial charge in [0.05, 0.1) is 5.69 Å². The Kier molecular flexibility index (Phi) is 5.18. The lowest BCUT2D eigenvalue weighted by atomic mass is 10.2. The molecule has 0 radical (unpaired) electrons. The fraction of sp³-hybridized carbons (Fsp3) is 0.200. The van der Waals surface area contributed by atoms with Crippen LogP contribution in [0.4, 0.5) is 0 Å². The summed E-state index contributed by atoms with van der Waals surface area (Å²) in [5, 5.41) is 3.37. The Bertz CT molecular complexity index is 829. The molecule has 2 aromatic heterocycles. The van der Waals surface area contributed by atoms with Crippen molar-refractivity contribution >= 4 is 23.3 Å². The van der Waals surface area contributed by atoms with Crippen LogP contribution in [0.2, 0.25) is 0 Å². The Balaban J connectivity index is 1.64. The number of hydrogen-bond acceptors (Lipinski definition) is 4. The number of nitrogens with zero attached hydrogens (tertiary/aromatic N) is 2. The summed E-state index contributed by atoms with van der Waals surface area (Å²) in [5.74, 6) is 0.609. The number of fused-ring (bicyclic) bond motifs is 1. The molecule has 4 heteroatoms. The highest BCUT2D eigenvalue weighted by molar-refractivity contribution is 5.73. The van der Waals surface area contributed by atoms with Crippen LogP contribution in [0, 0.1) is 0 Å². The fourth-order valence-electron chi connectivity index (χ4n) is 2.27. The largest absolute Gasteiger partial charge is 0.437 e. The summed E-state index contributed by atoms with van der Waals surface area (Å²) in [5.41, 5.74) is 3.83. The highest BCUT2D eigenvalue weighted by Crippen LogP contribution is 2.15. The van der Waals surface area contributed by atoms with E-state index in [-0.39, 0.29) is 0 Å². The minimum Gasteiger partial charge on any atom is -0.437 e. The average molecular weight is 319 g/mol. The van der Waals surface area contributed by atoms with E-state index in [2.05, 4.69) is 35.2 Å². The molecule has 0 aliphatic rings. The van der Waals surface area contributed by atoms with Crippen molar-refractivity contribution in [2.24, 2.45) is 0 Å². The third-order valence-corrected chi connectivity index (χ3v) is 3.48. The number of rotatable bonds is 6. The maximum absolute atomic E-state index is 5.64. The summed E-state index contributed by atoms with van der Waals surface area (Å²) < 4.78 is 5.64. The van der Waals surface area contributed by atoms with Crippen molar-refractivity contribution in [2.75, 3.05) is 0 Å². The van der Waals surface area contributed by atoms with Crippen molar-refractivity contribution < 1.29 is 4.42 Å². The van der Waals surface area contributed by atoms with Crippen LogP contribution in [-0.2, 0) is 6.54 Å². The monoisotopic (exact) mass is 319 g/mol. The lowest BCUT2D eigenvalue weighted by Gasteiger charge is -2.07. The second-order valence-electron chi connectivity index (χ2n) is 5.85. The molecule has 0 spiro atoms. The van der Waals surface area contributed by atoms with Crippen LogP contribution in [0.3, 0.4) is 0 Å². The standard InChI is InChI=1S/C20H21N3O/c1-15(2)22-14-17-13-16(11-12-21-17)7-3-6-10-20-23-18-8-4-5-9-19(18)24-20/h3-13,15,22H,14H2,1-2H3/b7-3+,10-6+. The molecule has 3 rings (SSSR count). The molecule has 0 amide bonds. The highest BCUT2D eigenvalue weighted by Gasteiger charge is 2.00. The van der Waals surface area contributed by atoms with Crippen molar-refractivity contribution in [3.63, 3.8) is 0 Å². The Morgan fingerprint density at radius 1 is 1.12 bits per heavy atom. The zero-order valence-electron chi connectivity index (χ0n) is 13.9. The van der Waals surface area contributed by atoms with Crippen molar-refractivity contribution in [3.8, 4) is 0 Å². The summed E-state index contributed by atoms with van der Waals surface area (Å²) in [6, 6.07) is 12.3. The molecule has 3 aromatic rings. The molecule has 0 aliphatic carbocycles. The number of aromatic nitrogens is 2. The van der Waals surface area contributed by atoms with Gasteiger partial charge in [0.1, 0.15) is 5.52 Å². The van der Waals surface area contributed by atoms with Gasteiger partial charge in [-0.1, -0.05) is 44.2 Å². The van der Waals surface area contributed by atoms with Gasteiger partial charge in [-0.2, -0.15) is 0 Å². The molecule has 1 aromatic carbocycles. The normalized spacial score (nSPS) is 12.1. The van der Waals surface area contributed by atoms with Crippen molar-refractivity contribution in [1.29, 1.82) is 0 Å². The molecule has 122 valence electrons. The van der Waals surface area contributed by atoms with Gasteiger partial charge in [-0.05, 0) is 29.8 Å². The predicted molar refractivity (Wildman–Crippen MR) is 98.3 cm³/mol. The first-order chi connectivity index (χ1) is 11.7. The van der Waals surface area contributed by atoms with Crippen LogP contribution in [0.5, 0.6) is 0 Å². The molecule has 4 nitrogen and oxygen atoms in total. The van der Waals surface area contributed by atoms with E-state index >= 15 is 0 Å². The molecule has 0 saturated heterocycles. The maximum atomic E-state index is 5.64. The number of hydrogen-bond donors (Lipinski definition) is 1. The summed E-state index contributed by atoms with van der Waals surface area (Å²) in [7, 11) is 0. The Morgan fingerprint density at radius 3 is 2.79 bits per heavy atom. The van der Waals surface area contributed by atoms with Gasteiger partial charge in [0.15, 0.2) is 5.58 Å². The number of oxazole rings is 1. The van der Waals surface area contributed by atoms with Crippen LogP contribution in [0.1, 0.15) is 31.0 Å². The van der Waals surface area contributed by atoms with Crippen LogP contribution >= 0.6 is 0 Å². The van der Waals surface area contributed by atoms with Gasteiger partial charge in [-0.3, -0.25) is 4.98 Å². The molecule has 2 heterocycles. The van der Waals surface area contributed by atoms with Crippen LogP contribution < -0.4 is 5.32 Å². The van der Waals surface area contributed by atoms with E-state index in [0.29, 0.717) is 11.9 Å². The Labute approximate surface area is 141 Å². The van der Waals surface area contributed by atoms with E-state index in [0.717, 1.165) is 28.9 Å². The molecule has 0 unspecified atom stereocenters. The summed E-state index contributed by atoms with van der Waals surface area (Å²) in [6.07, 6.45) is 9.64. The van der Waals surface area contributed by atoms with E-state index in [9.17, 15) is 0 Å². The average Bonchev–Trinajstić information content (AvgIpc) is 3.00. The highest BCUT2D eigenvalue weighted by atomic mass is 16.3. The molecule has 0 saturated carbocycles. The first-order valence-corrected chi connectivity index (χ1v) is 8.09. The van der Waals surface area contributed by atoms with Gasteiger partial charge in [0.25, 0.3) is 0 Å². The van der Waals surface area contributed by atoms with Crippen LogP contribution in [0.15, 0.2) is 59.2 Å². The summed E-state index contributed by atoms with van der Waals surface area (Å²) in [4.78, 5) is 8.78. The van der Waals surface area contributed by atoms with E-state index in [4.69, 9.17) is 4.42 Å². The summed E-state index contributed by atoms with van der Waals surface area (Å²) in [6.45, 7) is 5.03. The molecule has 0 atom stereocenters. The third-order valence-electron chi connectivity index (χ3n) is 3.48. The van der Waals surface area contributed by atoms with E-state index in [1.54, 1.807) is 0 Å². The third kappa shape index (κ3) is 4.40. The number of para-hydroxylation sites is 2. The predicted octanol–water partition coefficient (Wildman–Crippen LogP) is 4.45. The number of benzene rings is 1. The maximum Gasteiger partial charge on any atom is 0.219 e. The lowest BCUT2D eigenvalue weighted by molar-refractivity contribution is 0.581. The van der Waals surface area contributed by atoms with Gasteiger partial charge in [0, 0.05) is 24.9 Å². The van der Waals surface area contributed by atoms with Crippen LogP contribution in [0.25, 0.3) is 23.3 Å². The van der Waals surface area contributed by atoms with Crippen molar-refractivity contribution in [3.05, 3.63) is 71.9 Å². The Hall–Kier alpha value is -2.72. The lowest BCUT2D eigenvalue weighted by Crippen LogP contribution is -2.22. The molecule has 0 bridgehead atoms. The Morgan fingerprint density at radius 2 is 1.96 bits per heavy atom. The van der Waals surface area contributed by atoms with E-state index in [1.807, 2.05) is 60.8 Å². The zero-order chi connectivity index (χ0) is 16.8. The number of pyridine rings is 1. The second kappa shape index (κ2) is 7.70. The van der Waals surface area contributed by atoms with E-state index in [1.165, 1.54) is 0 Å². The van der Waals surface area contributed by atoms with Gasteiger partial charge >= 0.3 is 0 Å². The number of allylic oxidation sites excluding steroid dienone is 2. The van der Waals surface area contributed by atoms with Crippen LogP contribution in [-0.4, -0.2) is 16.0 Å². The molecule has 0 fully saturated rings. The van der Waals surface area contributed by atoms with Gasteiger partial charge in [-0.15, -0.1) is 0 Å². The van der Waals surface area contributed by atoms with Gasteiger partial charge < -0.3 is 9.73 Å². The zero-order valence-corrected chi connectivity index (χ0v) is 13.9. The van der Waals surface area contributed by atoms with Gasteiger partial charge in [0.2, 0.25) is 5.89 Å². The summed E-state index contributed by atoms with van der Waals surface area (Å²) >= 11 is 0. The van der Waals surface area contributed by atoms with Crippen molar-refractivity contribution in [2.45, 2.75) is 26.4 Å². The molecule has 1 N–H and O–H groups in total. The van der Waals surface area contributed by atoms with Crippen molar-refractivity contribution in [1.82, 2.24) is 15.3 Å². The van der Waals surface area contributed by atoms with E-state index < -0.39 is 0 Å². The topological polar surface area (TPSA) is 51.0 Å². The minimum atomic E-state index is 0.449. The first kappa shape index (κ1) is 16.1. The molecular formula is C20H21N3O. The SMILES string of the molecule is CC(C)NCc1cc(/C=C/C=C/c2nc3ccccc3o2)ccn1. The van der Waals surface area contributed by atoms with Gasteiger partial charge in [-0.25, -0.2) is 4.98 Å². The molecule has 24 heavy (non-hydrogen) atoms. The minimum absolute atomic E-state index is 0.449. The molecule has 0 aliphatic heterocycles. The second-order valence-corrected chi connectivity index (χ2v) is 5.85. The quantitative estimate of drug-likeness (QED) is 0.682. The molecular weight excluding hydrogens is 298 g/mol. The fourth-order valence-corrected chi connectivity index (χ4v) is 2.27. The smallest absolute Gasteiger partial charge is 0.219 e.